The first-order chi connectivity index (χ1) is 15.7. The van der Waals surface area contributed by atoms with Gasteiger partial charge in [-0.2, -0.15) is 5.26 Å². The van der Waals surface area contributed by atoms with Gasteiger partial charge >= 0.3 is 0 Å². The number of nitrogens with zero attached hydrogens (tertiary/aromatic N) is 4. The molecule has 2 heterocycles. The molecule has 4 aromatic rings. The van der Waals surface area contributed by atoms with E-state index in [1.54, 1.807) is 33.6 Å². The van der Waals surface area contributed by atoms with E-state index >= 15 is 0 Å². The van der Waals surface area contributed by atoms with Gasteiger partial charge in [0.1, 0.15) is 10.9 Å². The SMILES string of the molecule is COc1cc(CNc2nccc(C(C#N)c3nc4ccccc4s3)n2)cc(OC)c1OC. The molecule has 9 heteroatoms. The predicted molar refractivity (Wildman–Crippen MR) is 123 cm³/mol. The highest BCUT2D eigenvalue weighted by Gasteiger charge is 2.20. The van der Waals surface area contributed by atoms with Gasteiger partial charge in [-0.1, -0.05) is 12.1 Å². The highest BCUT2D eigenvalue weighted by Crippen LogP contribution is 2.38. The zero-order chi connectivity index (χ0) is 22.5. The molecule has 0 aliphatic rings. The van der Waals surface area contributed by atoms with E-state index in [1.807, 2.05) is 36.4 Å². The van der Waals surface area contributed by atoms with Crippen molar-refractivity contribution < 1.29 is 14.2 Å². The van der Waals surface area contributed by atoms with Crippen LogP contribution >= 0.6 is 11.3 Å². The van der Waals surface area contributed by atoms with Crippen LogP contribution in [0.3, 0.4) is 0 Å². The Morgan fingerprint density at radius 3 is 2.44 bits per heavy atom. The lowest BCUT2D eigenvalue weighted by Gasteiger charge is -2.14. The van der Waals surface area contributed by atoms with Crippen molar-refractivity contribution in [1.82, 2.24) is 15.0 Å². The number of ether oxygens (including phenoxy) is 3. The molecule has 2 aromatic carbocycles. The van der Waals surface area contributed by atoms with Crippen molar-refractivity contribution in [3.8, 4) is 23.3 Å². The third kappa shape index (κ3) is 4.26. The Morgan fingerprint density at radius 1 is 1.03 bits per heavy atom. The Hall–Kier alpha value is -3.90. The molecule has 162 valence electrons. The van der Waals surface area contributed by atoms with Crippen LogP contribution in [0.4, 0.5) is 5.95 Å². The lowest BCUT2D eigenvalue weighted by molar-refractivity contribution is 0.324. The monoisotopic (exact) mass is 447 g/mol. The first kappa shape index (κ1) is 21.3. The average molecular weight is 448 g/mol. The topological polar surface area (TPSA) is 102 Å². The molecule has 4 rings (SSSR count). The van der Waals surface area contributed by atoms with Gasteiger partial charge in [-0.15, -0.1) is 11.3 Å². The van der Waals surface area contributed by atoms with Gasteiger partial charge in [0, 0.05) is 12.7 Å². The molecule has 1 atom stereocenters. The Bertz CT molecular complexity index is 1230. The number of nitriles is 1. The quantitative estimate of drug-likeness (QED) is 0.425. The highest BCUT2D eigenvalue weighted by molar-refractivity contribution is 7.18. The minimum Gasteiger partial charge on any atom is -0.493 e. The zero-order valence-electron chi connectivity index (χ0n) is 17.8. The van der Waals surface area contributed by atoms with E-state index in [0.717, 1.165) is 15.8 Å². The third-order valence-electron chi connectivity index (χ3n) is 4.83. The normalized spacial score (nSPS) is 11.6. The van der Waals surface area contributed by atoms with Crippen LogP contribution in [-0.2, 0) is 6.54 Å². The van der Waals surface area contributed by atoms with Crippen LogP contribution < -0.4 is 19.5 Å². The van der Waals surface area contributed by atoms with E-state index in [1.165, 1.54) is 11.3 Å². The van der Waals surface area contributed by atoms with Gasteiger partial charge in [0.25, 0.3) is 0 Å². The van der Waals surface area contributed by atoms with Crippen molar-refractivity contribution in [2.24, 2.45) is 0 Å². The number of methoxy groups -OCH3 is 3. The number of aromatic nitrogens is 3. The minimum absolute atomic E-state index is 0.414. The minimum atomic E-state index is -0.572. The van der Waals surface area contributed by atoms with Crippen molar-refractivity contribution in [3.63, 3.8) is 0 Å². The van der Waals surface area contributed by atoms with E-state index < -0.39 is 5.92 Å². The number of para-hydroxylation sites is 1. The average Bonchev–Trinajstić information content (AvgIpc) is 3.26. The van der Waals surface area contributed by atoms with Crippen molar-refractivity contribution >= 4 is 27.5 Å². The summed E-state index contributed by atoms with van der Waals surface area (Å²) in [7, 11) is 4.71. The molecule has 1 unspecified atom stereocenters. The summed E-state index contributed by atoms with van der Waals surface area (Å²) in [5.74, 6) is 1.51. The smallest absolute Gasteiger partial charge is 0.223 e. The number of hydrogen-bond acceptors (Lipinski definition) is 9. The van der Waals surface area contributed by atoms with Crippen molar-refractivity contribution in [3.05, 3.63) is 64.9 Å². The summed E-state index contributed by atoms with van der Waals surface area (Å²) in [6.45, 7) is 0.429. The molecule has 32 heavy (non-hydrogen) atoms. The first-order valence-electron chi connectivity index (χ1n) is 9.77. The molecule has 0 bridgehead atoms. The maximum atomic E-state index is 9.82. The predicted octanol–water partition coefficient (Wildman–Crippen LogP) is 4.38. The van der Waals surface area contributed by atoms with Crippen LogP contribution in [0.15, 0.2) is 48.7 Å². The molecule has 1 N–H and O–H groups in total. The molecule has 0 saturated heterocycles. The van der Waals surface area contributed by atoms with Crippen LogP contribution in [0, 0.1) is 11.3 Å². The summed E-state index contributed by atoms with van der Waals surface area (Å²) in [6, 6.07) is 15.6. The number of nitrogens with one attached hydrogen (secondary N) is 1. The fourth-order valence-electron chi connectivity index (χ4n) is 3.30. The number of thiazole rings is 1. The van der Waals surface area contributed by atoms with E-state index in [4.69, 9.17) is 14.2 Å². The van der Waals surface area contributed by atoms with Crippen LogP contribution in [0.25, 0.3) is 10.2 Å². The molecule has 8 nitrogen and oxygen atoms in total. The maximum Gasteiger partial charge on any atom is 0.223 e. The van der Waals surface area contributed by atoms with Crippen LogP contribution in [0.1, 0.15) is 22.2 Å². The van der Waals surface area contributed by atoms with E-state index in [-0.39, 0.29) is 0 Å². The number of anilines is 1. The summed E-state index contributed by atoms with van der Waals surface area (Å²) in [6.07, 6.45) is 1.64. The van der Waals surface area contributed by atoms with Crippen LogP contribution in [-0.4, -0.2) is 36.3 Å². The van der Waals surface area contributed by atoms with Crippen molar-refractivity contribution in [1.29, 1.82) is 5.26 Å². The summed E-state index contributed by atoms with van der Waals surface area (Å²) in [5.41, 5.74) is 2.37. The van der Waals surface area contributed by atoms with E-state index in [2.05, 4.69) is 26.3 Å². The lowest BCUT2D eigenvalue weighted by atomic mass is 10.1. The number of rotatable bonds is 8. The van der Waals surface area contributed by atoms with Gasteiger partial charge in [0.05, 0.1) is 43.3 Å². The van der Waals surface area contributed by atoms with E-state index in [0.29, 0.717) is 40.4 Å². The standard InChI is InChI=1S/C23H21N5O3S/c1-29-18-10-14(11-19(30-2)21(18)31-3)13-26-23-25-9-8-16(28-23)15(12-24)22-27-17-6-4-5-7-20(17)32-22/h4-11,15H,13H2,1-3H3,(H,25,26,28). The fourth-order valence-corrected chi connectivity index (χ4v) is 4.32. The molecule has 0 spiro atoms. The number of hydrogen-bond donors (Lipinski definition) is 1. The second-order valence-electron chi connectivity index (χ2n) is 6.77. The molecule has 0 aliphatic carbocycles. The fraction of sp³-hybridized carbons (Fsp3) is 0.217. The molecule has 2 aromatic heterocycles. The van der Waals surface area contributed by atoms with Crippen LogP contribution in [0.2, 0.25) is 0 Å². The summed E-state index contributed by atoms with van der Waals surface area (Å²) in [5, 5.41) is 13.7. The van der Waals surface area contributed by atoms with E-state index in [9.17, 15) is 5.26 Å². The van der Waals surface area contributed by atoms with Gasteiger partial charge in [0.15, 0.2) is 11.5 Å². The Kier molecular flexibility index (Phi) is 6.33. The second-order valence-corrected chi connectivity index (χ2v) is 7.84. The molecule has 0 saturated carbocycles. The summed E-state index contributed by atoms with van der Waals surface area (Å²) in [4.78, 5) is 13.5. The van der Waals surface area contributed by atoms with Crippen LogP contribution in [0.5, 0.6) is 17.2 Å². The third-order valence-corrected chi connectivity index (χ3v) is 5.94. The molecular weight excluding hydrogens is 426 g/mol. The second kappa shape index (κ2) is 9.49. The summed E-state index contributed by atoms with van der Waals surface area (Å²) >= 11 is 1.50. The molecule has 0 radical (unpaired) electrons. The van der Waals surface area contributed by atoms with Gasteiger partial charge in [-0.05, 0) is 35.9 Å². The Labute approximate surface area is 189 Å². The molecule has 0 amide bonds. The zero-order valence-corrected chi connectivity index (χ0v) is 18.6. The van der Waals surface area contributed by atoms with Crippen molar-refractivity contribution in [2.45, 2.75) is 12.5 Å². The molecule has 0 aliphatic heterocycles. The van der Waals surface area contributed by atoms with Gasteiger partial charge in [0.2, 0.25) is 11.7 Å². The Morgan fingerprint density at radius 2 is 1.78 bits per heavy atom. The largest absolute Gasteiger partial charge is 0.493 e. The number of benzene rings is 2. The maximum absolute atomic E-state index is 9.82. The van der Waals surface area contributed by atoms with Gasteiger partial charge in [-0.3, -0.25) is 0 Å². The lowest BCUT2D eigenvalue weighted by Crippen LogP contribution is -2.08. The summed E-state index contributed by atoms with van der Waals surface area (Å²) < 4.78 is 17.2. The molecule has 0 fully saturated rings. The van der Waals surface area contributed by atoms with Crippen molar-refractivity contribution in [2.75, 3.05) is 26.6 Å². The highest BCUT2D eigenvalue weighted by atomic mass is 32.1. The first-order valence-corrected chi connectivity index (χ1v) is 10.6. The molecular formula is C23H21N5O3S. The van der Waals surface area contributed by atoms with Gasteiger partial charge < -0.3 is 19.5 Å². The Balaban J connectivity index is 1.56. The number of fused-ring (bicyclic) bond motifs is 1. The van der Waals surface area contributed by atoms with Gasteiger partial charge in [-0.25, -0.2) is 15.0 Å².